The van der Waals surface area contributed by atoms with Gasteiger partial charge >= 0.3 is 4.83 Å². The number of hydrogen-bond donors (Lipinski definition) is 0. The van der Waals surface area contributed by atoms with Crippen molar-refractivity contribution in [2.45, 2.75) is 24.6 Å². The van der Waals surface area contributed by atoms with E-state index < -0.39 is 22.0 Å². The van der Waals surface area contributed by atoms with Gasteiger partial charge in [0, 0.05) is 0 Å². The Bertz CT molecular complexity index is 334. The molecule has 15 heavy (non-hydrogen) atoms. The Labute approximate surface area is 93.4 Å². The summed E-state index contributed by atoms with van der Waals surface area (Å²) in [6, 6.07) is 1.88. The van der Waals surface area contributed by atoms with Crippen LogP contribution >= 0.6 is 15.9 Å². The predicted octanol–water partition coefficient (Wildman–Crippen LogP) is 4.36. The van der Waals surface area contributed by atoms with Crippen LogP contribution in [0.3, 0.4) is 0 Å². The first-order valence-electron chi connectivity index (χ1n) is 4.41. The molecule has 0 aliphatic rings. The Morgan fingerprint density at radius 3 is 2.00 bits per heavy atom. The second kappa shape index (κ2) is 4.51. The Morgan fingerprint density at radius 1 is 1.20 bits per heavy atom. The van der Waals surface area contributed by atoms with Gasteiger partial charge in [-0.1, -0.05) is 13.3 Å². The lowest BCUT2D eigenvalue weighted by molar-refractivity contribution is 0.105. The highest BCUT2D eigenvalue weighted by Gasteiger charge is 2.34. The maximum absolute atomic E-state index is 13.2. The van der Waals surface area contributed by atoms with E-state index in [9.17, 15) is 17.6 Å². The third-order valence-corrected chi connectivity index (χ3v) is 2.32. The van der Waals surface area contributed by atoms with Gasteiger partial charge in [-0.25, -0.2) is 8.78 Å². The van der Waals surface area contributed by atoms with Gasteiger partial charge in [0.05, 0.1) is 0 Å². The summed E-state index contributed by atoms with van der Waals surface area (Å²) in [5, 5.41) is 0. The van der Waals surface area contributed by atoms with E-state index in [1.54, 1.807) is 0 Å². The minimum Gasteiger partial charge on any atom is -0.206 e. The smallest absolute Gasteiger partial charge is 0.206 e. The molecule has 5 heteroatoms. The predicted molar refractivity (Wildman–Crippen MR) is 53.2 cm³/mol. The van der Waals surface area contributed by atoms with Crippen molar-refractivity contribution in [3.05, 3.63) is 34.9 Å². The molecule has 0 fully saturated rings. The molecule has 84 valence electrons. The molecule has 0 nitrogen and oxygen atoms in total. The molecule has 0 radical (unpaired) electrons. The molecular formula is C10H9BrF4. The highest BCUT2D eigenvalue weighted by Crippen LogP contribution is 2.38. The Hall–Kier alpha value is -0.580. The lowest BCUT2D eigenvalue weighted by atomic mass is 10.1. The molecule has 0 heterocycles. The van der Waals surface area contributed by atoms with E-state index in [4.69, 9.17) is 0 Å². The number of rotatable bonds is 3. The first kappa shape index (κ1) is 12.5. The fraction of sp³-hybridized carbons (Fsp3) is 0.400. The molecule has 0 N–H and O–H groups in total. The van der Waals surface area contributed by atoms with E-state index >= 15 is 0 Å². The van der Waals surface area contributed by atoms with Crippen molar-refractivity contribution in [2.24, 2.45) is 0 Å². The summed E-state index contributed by atoms with van der Waals surface area (Å²) >= 11 is 1.94. The maximum Gasteiger partial charge on any atom is 0.332 e. The van der Waals surface area contributed by atoms with Crippen LogP contribution in [0.5, 0.6) is 0 Å². The van der Waals surface area contributed by atoms with Gasteiger partial charge in [-0.2, -0.15) is 8.78 Å². The monoisotopic (exact) mass is 284 g/mol. The fourth-order valence-electron chi connectivity index (χ4n) is 1.33. The molecule has 0 atom stereocenters. The van der Waals surface area contributed by atoms with Crippen LogP contribution in [0, 0.1) is 11.6 Å². The van der Waals surface area contributed by atoms with Gasteiger partial charge in [0.25, 0.3) is 0 Å². The summed E-state index contributed by atoms with van der Waals surface area (Å²) in [7, 11) is 0. The van der Waals surface area contributed by atoms with Crippen LogP contribution in [0.1, 0.15) is 24.5 Å². The summed E-state index contributed by atoms with van der Waals surface area (Å²) in [6.07, 6.45) is 1.16. The summed E-state index contributed by atoms with van der Waals surface area (Å²) in [5.74, 6) is -2.44. The van der Waals surface area contributed by atoms with Crippen LogP contribution in [0.4, 0.5) is 17.6 Å². The lowest BCUT2D eigenvalue weighted by Crippen LogP contribution is -2.10. The number of benzene rings is 1. The van der Waals surface area contributed by atoms with Crippen molar-refractivity contribution >= 4 is 15.9 Å². The van der Waals surface area contributed by atoms with E-state index in [1.165, 1.54) is 0 Å². The largest absolute Gasteiger partial charge is 0.332 e. The third kappa shape index (κ3) is 2.93. The minimum atomic E-state index is -3.67. The molecule has 0 aromatic heterocycles. The van der Waals surface area contributed by atoms with E-state index in [0.29, 0.717) is 18.4 Å². The van der Waals surface area contributed by atoms with Crippen LogP contribution < -0.4 is 0 Å². The van der Waals surface area contributed by atoms with Gasteiger partial charge in [0.15, 0.2) is 0 Å². The van der Waals surface area contributed by atoms with Crippen LogP contribution in [-0.4, -0.2) is 0 Å². The van der Waals surface area contributed by atoms with Gasteiger partial charge in [0.1, 0.15) is 17.2 Å². The standard InChI is InChI=1S/C10H9BrF4/c1-2-3-6-4-7(12)9(8(13)5-6)10(11,14)15/h4-5H,2-3H2,1H3. The zero-order valence-corrected chi connectivity index (χ0v) is 9.54. The normalized spacial score (nSPS) is 11.9. The molecule has 1 rings (SSSR count). The molecule has 1 aromatic carbocycles. The number of alkyl halides is 3. The van der Waals surface area contributed by atoms with E-state index in [0.717, 1.165) is 12.1 Å². The summed E-state index contributed by atoms with van der Waals surface area (Å²) in [6.45, 7) is 1.84. The summed E-state index contributed by atoms with van der Waals surface area (Å²) in [5.41, 5.74) is -0.852. The molecule has 0 saturated heterocycles. The van der Waals surface area contributed by atoms with Gasteiger partial charge in [-0.15, -0.1) is 0 Å². The molecule has 0 unspecified atom stereocenters. The van der Waals surface area contributed by atoms with Crippen LogP contribution in [0.2, 0.25) is 0 Å². The second-order valence-corrected chi connectivity index (χ2v) is 4.18. The highest BCUT2D eigenvalue weighted by molar-refractivity contribution is 9.09. The summed E-state index contributed by atoms with van der Waals surface area (Å²) < 4.78 is 51.8. The zero-order chi connectivity index (χ0) is 11.6. The average Bonchev–Trinajstić information content (AvgIpc) is 1.99. The van der Waals surface area contributed by atoms with Crippen molar-refractivity contribution in [3.63, 3.8) is 0 Å². The maximum atomic E-state index is 13.2. The zero-order valence-electron chi connectivity index (χ0n) is 7.96. The van der Waals surface area contributed by atoms with Crippen molar-refractivity contribution in [1.82, 2.24) is 0 Å². The molecule has 0 spiro atoms. The van der Waals surface area contributed by atoms with E-state index in [-0.39, 0.29) is 0 Å². The van der Waals surface area contributed by atoms with Gasteiger partial charge in [0.2, 0.25) is 0 Å². The van der Waals surface area contributed by atoms with Crippen molar-refractivity contribution in [2.75, 3.05) is 0 Å². The number of halogens is 5. The number of hydrogen-bond acceptors (Lipinski definition) is 0. The molecule has 0 bridgehead atoms. The molecular weight excluding hydrogens is 276 g/mol. The topological polar surface area (TPSA) is 0 Å². The minimum absolute atomic E-state index is 0.382. The average molecular weight is 285 g/mol. The van der Waals surface area contributed by atoms with Crippen molar-refractivity contribution in [3.8, 4) is 0 Å². The SMILES string of the molecule is CCCc1cc(F)c(C(F)(F)Br)c(F)c1. The van der Waals surface area contributed by atoms with E-state index in [1.807, 2.05) is 22.9 Å². The van der Waals surface area contributed by atoms with Gasteiger partial charge < -0.3 is 0 Å². The number of aryl methyl sites for hydroxylation is 1. The first-order chi connectivity index (χ1) is 6.86. The van der Waals surface area contributed by atoms with Gasteiger partial charge in [-0.3, -0.25) is 0 Å². The first-order valence-corrected chi connectivity index (χ1v) is 5.20. The molecule has 0 amide bonds. The van der Waals surface area contributed by atoms with E-state index in [2.05, 4.69) is 0 Å². The Morgan fingerprint density at radius 2 is 1.67 bits per heavy atom. The second-order valence-electron chi connectivity index (χ2n) is 3.18. The molecule has 0 aliphatic heterocycles. The quantitative estimate of drug-likeness (QED) is 0.571. The molecule has 0 aliphatic carbocycles. The molecule has 0 saturated carbocycles. The molecule has 1 aromatic rings. The summed E-state index contributed by atoms with van der Waals surface area (Å²) in [4.78, 5) is -3.67. The fourth-order valence-corrected chi connectivity index (χ4v) is 1.71. The Kier molecular flexibility index (Phi) is 3.76. The van der Waals surface area contributed by atoms with Crippen molar-refractivity contribution < 1.29 is 17.6 Å². The third-order valence-electron chi connectivity index (χ3n) is 1.92. The van der Waals surface area contributed by atoms with Crippen molar-refractivity contribution in [1.29, 1.82) is 0 Å². The Balaban J connectivity index is 3.22. The highest BCUT2D eigenvalue weighted by atomic mass is 79.9. The van der Waals surface area contributed by atoms with Gasteiger partial charge in [-0.05, 0) is 40.0 Å². The van der Waals surface area contributed by atoms with Crippen LogP contribution in [0.15, 0.2) is 12.1 Å². The van der Waals surface area contributed by atoms with Crippen LogP contribution in [-0.2, 0) is 11.3 Å². The van der Waals surface area contributed by atoms with Crippen LogP contribution in [0.25, 0.3) is 0 Å². The lowest BCUT2D eigenvalue weighted by Gasteiger charge is -2.12.